The molecule has 1 aliphatic rings. The summed E-state index contributed by atoms with van der Waals surface area (Å²) in [6, 6.07) is 13.1. The van der Waals surface area contributed by atoms with Crippen LogP contribution in [0.15, 0.2) is 48.7 Å². The fourth-order valence-corrected chi connectivity index (χ4v) is 4.12. The standard InChI is InChI=1S/C24H28N8O3/c1-16-22(18-9-10-21-25-17(2)28-31(21)13-18)29-32(20-7-5-4-6-8-20)23(16)27-24(33)26-19-14-30(35-15-19)11-12-34-3/h4-10,13,19H,11-12,14-15H2,1-3H3,(H2,26,27,33)/t19-/m1/s1. The number of carbonyl (C=O) groups is 1. The molecule has 35 heavy (non-hydrogen) atoms. The molecule has 11 nitrogen and oxygen atoms in total. The average molecular weight is 477 g/mol. The van der Waals surface area contributed by atoms with Crippen molar-refractivity contribution in [1.82, 2.24) is 34.8 Å². The molecular formula is C24H28N8O3. The molecule has 0 saturated carbocycles. The Bertz CT molecular complexity index is 1330. The molecule has 0 unspecified atom stereocenters. The second-order valence-corrected chi connectivity index (χ2v) is 8.42. The number of pyridine rings is 1. The number of nitrogens with one attached hydrogen (secondary N) is 2. The van der Waals surface area contributed by atoms with Crippen LogP contribution < -0.4 is 10.6 Å². The summed E-state index contributed by atoms with van der Waals surface area (Å²) in [6.07, 6.45) is 1.90. The Hall–Kier alpha value is -3.80. The molecule has 4 heterocycles. The Kier molecular flexibility index (Phi) is 6.45. The van der Waals surface area contributed by atoms with Gasteiger partial charge in [0, 0.05) is 37.5 Å². The van der Waals surface area contributed by atoms with E-state index in [4.69, 9.17) is 14.7 Å². The second kappa shape index (κ2) is 9.82. The van der Waals surface area contributed by atoms with Gasteiger partial charge in [0.15, 0.2) is 5.65 Å². The third kappa shape index (κ3) is 4.87. The minimum Gasteiger partial charge on any atom is -0.383 e. The van der Waals surface area contributed by atoms with Gasteiger partial charge in [0.05, 0.1) is 30.6 Å². The molecule has 1 aromatic carbocycles. The van der Waals surface area contributed by atoms with Crippen LogP contribution in [0.3, 0.4) is 0 Å². The van der Waals surface area contributed by atoms with Crippen LogP contribution in [0.5, 0.6) is 0 Å². The highest BCUT2D eigenvalue weighted by molar-refractivity contribution is 5.91. The number of amides is 2. The van der Waals surface area contributed by atoms with Crippen LogP contribution in [-0.4, -0.2) is 74.9 Å². The van der Waals surface area contributed by atoms with Crippen molar-refractivity contribution in [2.24, 2.45) is 0 Å². The zero-order valence-electron chi connectivity index (χ0n) is 19.9. The van der Waals surface area contributed by atoms with E-state index in [0.29, 0.717) is 37.9 Å². The van der Waals surface area contributed by atoms with E-state index < -0.39 is 0 Å². The summed E-state index contributed by atoms with van der Waals surface area (Å²) < 4.78 is 8.58. The van der Waals surface area contributed by atoms with E-state index in [1.807, 2.05) is 62.5 Å². The average Bonchev–Trinajstić information content (AvgIpc) is 3.55. The Balaban J connectivity index is 1.42. The fraction of sp³-hybridized carbons (Fsp3) is 0.333. The normalized spacial score (nSPS) is 16.1. The first kappa shape index (κ1) is 23.0. The summed E-state index contributed by atoms with van der Waals surface area (Å²) in [7, 11) is 1.65. The lowest BCUT2D eigenvalue weighted by Crippen LogP contribution is -2.41. The number of aromatic nitrogens is 5. The quantitative estimate of drug-likeness (QED) is 0.422. The summed E-state index contributed by atoms with van der Waals surface area (Å²) in [4.78, 5) is 23.0. The monoisotopic (exact) mass is 476 g/mol. The van der Waals surface area contributed by atoms with Crippen LogP contribution in [0, 0.1) is 13.8 Å². The number of methoxy groups -OCH3 is 1. The molecule has 2 N–H and O–H groups in total. The van der Waals surface area contributed by atoms with Crippen molar-refractivity contribution in [3.8, 4) is 16.9 Å². The first-order valence-corrected chi connectivity index (χ1v) is 11.4. The highest BCUT2D eigenvalue weighted by Crippen LogP contribution is 2.30. The third-order valence-corrected chi connectivity index (χ3v) is 5.83. The van der Waals surface area contributed by atoms with E-state index in [1.165, 1.54) is 0 Å². The van der Waals surface area contributed by atoms with Crippen molar-refractivity contribution in [1.29, 1.82) is 0 Å². The molecule has 1 fully saturated rings. The number of hydrogen-bond acceptors (Lipinski definition) is 7. The molecule has 4 aromatic rings. The number of aryl methyl sites for hydroxylation is 1. The highest BCUT2D eigenvalue weighted by atomic mass is 16.7. The molecule has 0 spiro atoms. The molecular weight excluding hydrogens is 448 g/mol. The zero-order valence-corrected chi connectivity index (χ0v) is 19.9. The fourth-order valence-electron chi connectivity index (χ4n) is 4.12. The van der Waals surface area contributed by atoms with Gasteiger partial charge in [-0.2, -0.15) is 15.3 Å². The van der Waals surface area contributed by atoms with Crippen LogP contribution in [0.2, 0.25) is 0 Å². The van der Waals surface area contributed by atoms with Gasteiger partial charge in [-0.25, -0.2) is 19.0 Å². The molecule has 1 aliphatic heterocycles. The lowest BCUT2D eigenvalue weighted by molar-refractivity contribution is -0.118. The number of para-hydroxylation sites is 1. The number of hydroxylamine groups is 2. The molecule has 182 valence electrons. The number of nitrogens with zero attached hydrogens (tertiary/aromatic N) is 6. The van der Waals surface area contributed by atoms with Crippen molar-refractivity contribution in [3.63, 3.8) is 0 Å². The molecule has 5 rings (SSSR count). The van der Waals surface area contributed by atoms with Gasteiger partial charge < -0.3 is 10.1 Å². The van der Waals surface area contributed by atoms with Gasteiger partial charge in [-0.1, -0.05) is 18.2 Å². The molecule has 1 saturated heterocycles. The van der Waals surface area contributed by atoms with Crippen LogP contribution in [-0.2, 0) is 9.57 Å². The Morgan fingerprint density at radius 2 is 2.00 bits per heavy atom. The lowest BCUT2D eigenvalue weighted by atomic mass is 10.1. The smallest absolute Gasteiger partial charge is 0.320 e. The zero-order chi connectivity index (χ0) is 24.4. The number of ether oxygens (including phenoxy) is 1. The van der Waals surface area contributed by atoms with Crippen molar-refractivity contribution < 1.29 is 14.4 Å². The maximum atomic E-state index is 13.0. The van der Waals surface area contributed by atoms with E-state index in [2.05, 4.69) is 20.7 Å². The van der Waals surface area contributed by atoms with Crippen LogP contribution in [0.25, 0.3) is 22.6 Å². The summed E-state index contributed by atoms with van der Waals surface area (Å²) in [5.41, 5.74) is 4.06. The van der Waals surface area contributed by atoms with E-state index >= 15 is 0 Å². The van der Waals surface area contributed by atoms with Crippen molar-refractivity contribution in [3.05, 3.63) is 60.0 Å². The molecule has 1 atom stereocenters. The van der Waals surface area contributed by atoms with Gasteiger partial charge >= 0.3 is 6.03 Å². The first-order valence-electron chi connectivity index (χ1n) is 11.4. The number of carbonyl (C=O) groups excluding carboxylic acids is 1. The Morgan fingerprint density at radius 3 is 2.80 bits per heavy atom. The van der Waals surface area contributed by atoms with Crippen molar-refractivity contribution >= 4 is 17.5 Å². The topological polar surface area (TPSA) is 111 Å². The first-order chi connectivity index (χ1) is 17.0. The van der Waals surface area contributed by atoms with E-state index in [-0.39, 0.29) is 12.1 Å². The number of anilines is 1. The van der Waals surface area contributed by atoms with Gasteiger partial charge in [-0.15, -0.1) is 0 Å². The number of urea groups is 1. The maximum Gasteiger partial charge on any atom is 0.320 e. The van der Waals surface area contributed by atoms with Crippen molar-refractivity contribution in [2.45, 2.75) is 19.9 Å². The van der Waals surface area contributed by atoms with Gasteiger partial charge in [-0.3, -0.25) is 10.2 Å². The number of benzene rings is 1. The number of rotatable bonds is 7. The van der Waals surface area contributed by atoms with Gasteiger partial charge in [-0.05, 0) is 38.1 Å². The minimum absolute atomic E-state index is 0.127. The predicted octanol–water partition coefficient (Wildman–Crippen LogP) is 2.58. The SMILES string of the molecule is COCCN1C[C@@H](NC(=O)Nc2c(C)c(-c3ccc4nc(C)nn4c3)nn2-c2ccccc2)CO1. The van der Waals surface area contributed by atoms with E-state index in [9.17, 15) is 4.79 Å². The Labute approximate surface area is 202 Å². The van der Waals surface area contributed by atoms with Gasteiger partial charge in [0.1, 0.15) is 11.6 Å². The second-order valence-electron chi connectivity index (χ2n) is 8.42. The summed E-state index contributed by atoms with van der Waals surface area (Å²) in [5, 5.41) is 17.1. The number of fused-ring (bicyclic) bond motifs is 1. The summed E-state index contributed by atoms with van der Waals surface area (Å²) in [5.74, 6) is 1.29. The summed E-state index contributed by atoms with van der Waals surface area (Å²) >= 11 is 0. The minimum atomic E-state index is -0.318. The lowest BCUT2D eigenvalue weighted by Gasteiger charge is -2.15. The molecule has 3 aromatic heterocycles. The van der Waals surface area contributed by atoms with E-state index in [0.717, 1.165) is 28.2 Å². The molecule has 0 radical (unpaired) electrons. The highest BCUT2D eigenvalue weighted by Gasteiger charge is 2.26. The van der Waals surface area contributed by atoms with Gasteiger partial charge in [0.25, 0.3) is 0 Å². The van der Waals surface area contributed by atoms with Crippen LogP contribution in [0.4, 0.5) is 10.6 Å². The molecule has 0 bridgehead atoms. The maximum absolute atomic E-state index is 13.0. The van der Waals surface area contributed by atoms with Gasteiger partial charge in [0.2, 0.25) is 0 Å². The predicted molar refractivity (Wildman–Crippen MR) is 130 cm³/mol. The van der Waals surface area contributed by atoms with E-state index in [1.54, 1.807) is 21.4 Å². The van der Waals surface area contributed by atoms with Crippen molar-refractivity contribution in [2.75, 3.05) is 38.7 Å². The molecule has 2 amide bonds. The van der Waals surface area contributed by atoms with Crippen LogP contribution in [0.1, 0.15) is 11.4 Å². The summed E-state index contributed by atoms with van der Waals surface area (Å²) in [6.45, 7) is 6.02. The Morgan fingerprint density at radius 1 is 1.17 bits per heavy atom. The third-order valence-electron chi connectivity index (χ3n) is 5.83. The largest absolute Gasteiger partial charge is 0.383 e. The molecule has 11 heteroatoms. The van der Waals surface area contributed by atoms with Crippen LogP contribution >= 0.6 is 0 Å². The molecule has 0 aliphatic carbocycles. The number of hydrogen-bond donors (Lipinski definition) is 2.